The molecule has 0 aliphatic heterocycles. The predicted molar refractivity (Wildman–Crippen MR) is 57.1 cm³/mol. The monoisotopic (exact) mass is 263 g/mol. The summed E-state index contributed by atoms with van der Waals surface area (Å²) in [6, 6.07) is 3.18. The van der Waals surface area contributed by atoms with Gasteiger partial charge in [0.1, 0.15) is 0 Å². The molecule has 0 aliphatic carbocycles. The van der Waals surface area contributed by atoms with E-state index in [0.29, 0.717) is 5.69 Å². The van der Waals surface area contributed by atoms with Crippen molar-refractivity contribution >= 4 is 17.2 Å². The number of nitrogens with zero attached hydrogens (tertiary/aromatic N) is 3. The lowest BCUT2D eigenvalue weighted by Gasteiger charge is -2.07. The Hall–Kier alpha value is -1.30. The molecule has 0 amide bonds. The number of hydrogen-bond donors (Lipinski definition) is 0. The molecule has 2 aromatic rings. The fourth-order valence-corrected chi connectivity index (χ4v) is 1.69. The van der Waals surface area contributed by atoms with Crippen molar-refractivity contribution < 1.29 is 13.2 Å². The van der Waals surface area contributed by atoms with Crippen LogP contribution in [0.2, 0.25) is 5.02 Å². The van der Waals surface area contributed by atoms with Gasteiger partial charge in [-0.25, -0.2) is 9.50 Å². The van der Waals surface area contributed by atoms with Crippen LogP contribution in [0.15, 0.2) is 12.1 Å². The minimum Gasteiger partial charge on any atom is -0.216 e. The van der Waals surface area contributed by atoms with Gasteiger partial charge in [-0.2, -0.15) is 13.2 Å². The molecule has 3 nitrogen and oxygen atoms in total. The minimum atomic E-state index is -4.57. The van der Waals surface area contributed by atoms with Gasteiger partial charge in [0, 0.05) is 5.69 Å². The summed E-state index contributed by atoms with van der Waals surface area (Å²) in [5.41, 5.74) is 0.664. The van der Waals surface area contributed by atoms with E-state index in [4.69, 9.17) is 11.6 Å². The van der Waals surface area contributed by atoms with E-state index in [0.717, 1.165) is 4.52 Å². The molecule has 17 heavy (non-hydrogen) atoms. The van der Waals surface area contributed by atoms with Gasteiger partial charge in [0.25, 0.3) is 5.82 Å². The van der Waals surface area contributed by atoms with Gasteiger partial charge in [0.2, 0.25) is 0 Å². The van der Waals surface area contributed by atoms with E-state index in [9.17, 15) is 13.2 Å². The largest absolute Gasteiger partial charge is 0.453 e. The van der Waals surface area contributed by atoms with Gasteiger partial charge in [-0.05, 0) is 18.1 Å². The standard InChI is InChI=1S/C10H9ClF3N3/c1-5(2)7-4-3-6(11)8-15-9(10(12,13)14)16-17(7)8/h3-5H,1-2H3. The van der Waals surface area contributed by atoms with Crippen molar-refractivity contribution in [2.24, 2.45) is 0 Å². The van der Waals surface area contributed by atoms with Crippen LogP contribution < -0.4 is 0 Å². The Morgan fingerprint density at radius 3 is 2.47 bits per heavy atom. The van der Waals surface area contributed by atoms with E-state index in [1.807, 2.05) is 13.8 Å². The van der Waals surface area contributed by atoms with Gasteiger partial charge < -0.3 is 0 Å². The Morgan fingerprint density at radius 2 is 1.94 bits per heavy atom. The second-order valence-electron chi connectivity index (χ2n) is 3.93. The molecule has 0 unspecified atom stereocenters. The molecule has 92 valence electrons. The van der Waals surface area contributed by atoms with Crippen LogP contribution in [0.4, 0.5) is 13.2 Å². The molecule has 2 aromatic heterocycles. The third-order valence-electron chi connectivity index (χ3n) is 2.31. The first kappa shape index (κ1) is 12.2. The molecule has 0 aromatic carbocycles. The molecule has 0 spiro atoms. The highest BCUT2D eigenvalue weighted by atomic mass is 35.5. The summed E-state index contributed by atoms with van der Waals surface area (Å²) in [5, 5.41) is 3.61. The third kappa shape index (κ3) is 2.09. The molecule has 0 N–H and O–H groups in total. The van der Waals surface area contributed by atoms with Crippen LogP contribution in [0, 0.1) is 0 Å². The number of halogens is 4. The van der Waals surface area contributed by atoms with Crippen molar-refractivity contribution in [1.29, 1.82) is 0 Å². The molecule has 0 saturated carbocycles. The quantitative estimate of drug-likeness (QED) is 0.788. The fraction of sp³-hybridized carbons (Fsp3) is 0.400. The lowest BCUT2D eigenvalue weighted by Crippen LogP contribution is -2.08. The van der Waals surface area contributed by atoms with Crippen molar-refractivity contribution in [1.82, 2.24) is 14.6 Å². The first-order valence-electron chi connectivity index (χ1n) is 4.93. The number of pyridine rings is 1. The molecule has 0 saturated heterocycles. The van der Waals surface area contributed by atoms with Crippen LogP contribution in [0.25, 0.3) is 5.65 Å². The van der Waals surface area contributed by atoms with Gasteiger partial charge in [-0.1, -0.05) is 25.4 Å². The minimum absolute atomic E-state index is 0.0255. The third-order valence-corrected chi connectivity index (χ3v) is 2.61. The van der Waals surface area contributed by atoms with E-state index in [1.54, 1.807) is 6.07 Å². The summed E-state index contributed by atoms with van der Waals surface area (Å²) in [7, 11) is 0. The average Bonchev–Trinajstić information content (AvgIpc) is 2.62. The van der Waals surface area contributed by atoms with Crippen molar-refractivity contribution in [2.45, 2.75) is 25.9 Å². The number of fused-ring (bicyclic) bond motifs is 1. The number of alkyl halides is 3. The summed E-state index contributed by atoms with van der Waals surface area (Å²) in [6.45, 7) is 3.72. The topological polar surface area (TPSA) is 30.2 Å². The molecular weight excluding hydrogens is 255 g/mol. The molecule has 0 bridgehead atoms. The number of rotatable bonds is 1. The lowest BCUT2D eigenvalue weighted by atomic mass is 10.1. The Labute approximate surface area is 100 Å². The van der Waals surface area contributed by atoms with E-state index < -0.39 is 12.0 Å². The van der Waals surface area contributed by atoms with Gasteiger partial charge in [-0.15, -0.1) is 5.10 Å². The summed E-state index contributed by atoms with van der Waals surface area (Å²) in [5.74, 6) is -1.15. The highest BCUT2D eigenvalue weighted by Gasteiger charge is 2.36. The van der Waals surface area contributed by atoms with Crippen molar-refractivity contribution in [3.8, 4) is 0 Å². The molecule has 7 heteroatoms. The van der Waals surface area contributed by atoms with Crippen molar-refractivity contribution in [3.05, 3.63) is 28.7 Å². The van der Waals surface area contributed by atoms with Crippen molar-refractivity contribution in [2.75, 3.05) is 0 Å². The summed E-state index contributed by atoms with van der Waals surface area (Å²) < 4.78 is 38.7. The predicted octanol–water partition coefficient (Wildman–Crippen LogP) is 3.52. The second kappa shape index (κ2) is 3.87. The van der Waals surface area contributed by atoms with Crippen LogP contribution >= 0.6 is 11.6 Å². The van der Waals surface area contributed by atoms with Crippen LogP contribution in [0.1, 0.15) is 31.3 Å². The van der Waals surface area contributed by atoms with E-state index in [-0.39, 0.29) is 16.6 Å². The van der Waals surface area contributed by atoms with E-state index in [2.05, 4.69) is 10.1 Å². The molecule has 0 atom stereocenters. The maximum Gasteiger partial charge on any atom is 0.453 e. The van der Waals surface area contributed by atoms with E-state index >= 15 is 0 Å². The van der Waals surface area contributed by atoms with Gasteiger partial charge >= 0.3 is 6.18 Å². The normalized spacial score (nSPS) is 12.6. The van der Waals surface area contributed by atoms with Crippen LogP contribution in [-0.2, 0) is 6.18 Å². The van der Waals surface area contributed by atoms with Crippen LogP contribution in [-0.4, -0.2) is 14.6 Å². The summed E-state index contributed by atoms with van der Waals surface area (Å²) in [4.78, 5) is 3.42. The Balaban J connectivity index is 2.74. The number of aromatic nitrogens is 3. The molecule has 2 heterocycles. The van der Waals surface area contributed by atoms with Crippen LogP contribution in [0.3, 0.4) is 0 Å². The zero-order valence-corrected chi connectivity index (χ0v) is 9.84. The van der Waals surface area contributed by atoms with E-state index in [1.165, 1.54) is 6.07 Å². The smallest absolute Gasteiger partial charge is 0.216 e. The first-order chi connectivity index (χ1) is 7.80. The average molecular weight is 264 g/mol. The zero-order chi connectivity index (χ0) is 12.8. The maximum atomic E-state index is 12.5. The lowest BCUT2D eigenvalue weighted by molar-refractivity contribution is -0.144. The maximum absolute atomic E-state index is 12.5. The summed E-state index contributed by atoms with van der Waals surface area (Å²) >= 11 is 5.81. The first-order valence-corrected chi connectivity index (χ1v) is 5.31. The zero-order valence-electron chi connectivity index (χ0n) is 9.09. The molecule has 0 radical (unpaired) electrons. The van der Waals surface area contributed by atoms with Gasteiger partial charge in [0.15, 0.2) is 5.65 Å². The molecule has 0 aliphatic rings. The molecular formula is C10H9ClF3N3. The fourth-order valence-electron chi connectivity index (χ4n) is 1.51. The SMILES string of the molecule is CC(C)c1ccc(Cl)c2nc(C(F)(F)F)nn12. The number of hydrogen-bond acceptors (Lipinski definition) is 2. The second-order valence-corrected chi connectivity index (χ2v) is 4.34. The Kier molecular flexibility index (Phi) is 2.77. The molecule has 2 rings (SSSR count). The van der Waals surface area contributed by atoms with Crippen LogP contribution in [0.5, 0.6) is 0 Å². The van der Waals surface area contributed by atoms with Crippen molar-refractivity contribution in [3.63, 3.8) is 0 Å². The Bertz CT molecular complexity index is 560. The summed E-state index contributed by atoms with van der Waals surface area (Å²) in [6.07, 6.45) is -4.57. The Morgan fingerprint density at radius 1 is 1.29 bits per heavy atom. The molecule has 0 fully saturated rings. The highest BCUT2D eigenvalue weighted by Crippen LogP contribution is 2.29. The van der Waals surface area contributed by atoms with Gasteiger partial charge in [-0.3, -0.25) is 0 Å². The highest BCUT2D eigenvalue weighted by molar-refractivity contribution is 6.33. The van der Waals surface area contributed by atoms with Gasteiger partial charge in [0.05, 0.1) is 5.02 Å².